The highest BCUT2D eigenvalue weighted by Crippen LogP contribution is 2.24. The predicted molar refractivity (Wildman–Crippen MR) is 59.1 cm³/mol. The fourth-order valence-corrected chi connectivity index (χ4v) is 1.39. The van der Waals surface area contributed by atoms with Crippen LogP contribution >= 0.6 is 0 Å². The highest BCUT2D eigenvalue weighted by Gasteiger charge is 2.10. The number of hydrogen-bond donors (Lipinski definition) is 1. The minimum absolute atomic E-state index is 0.207. The highest BCUT2D eigenvalue weighted by molar-refractivity contribution is 5.73. The number of aliphatic hydroxyl groups excluding tert-OH is 1. The quantitative estimate of drug-likeness (QED) is 0.785. The summed E-state index contributed by atoms with van der Waals surface area (Å²) in [6.45, 7) is 3.39. The van der Waals surface area contributed by atoms with Crippen molar-refractivity contribution >= 4 is 5.76 Å². The second-order valence-corrected chi connectivity index (χ2v) is 3.21. The molecule has 0 saturated heterocycles. The second kappa shape index (κ2) is 4.10. The number of aliphatic hydroxyl groups is 1. The molecular weight excluding hydrogens is 207 g/mol. The maximum absolute atomic E-state index is 13.0. The number of nitrogens with zero attached hydrogens (tertiary/aromatic N) is 2. The smallest absolute Gasteiger partial charge is 0.159 e. The lowest BCUT2D eigenvalue weighted by atomic mass is 10.1. The van der Waals surface area contributed by atoms with Crippen LogP contribution < -0.4 is 0 Å². The first kappa shape index (κ1) is 10.3. The zero-order valence-electron chi connectivity index (χ0n) is 8.39. The third-order valence-electron chi connectivity index (χ3n) is 2.10. The molecule has 0 amide bonds. The molecule has 0 unspecified atom stereocenters. The van der Waals surface area contributed by atoms with Crippen LogP contribution in [0.4, 0.5) is 4.39 Å². The third-order valence-corrected chi connectivity index (χ3v) is 2.10. The van der Waals surface area contributed by atoms with Gasteiger partial charge in [0.1, 0.15) is 11.6 Å². The van der Waals surface area contributed by atoms with Gasteiger partial charge in [-0.25, -0.2) is 14.4 Å². The lowest BCUT2D eigenvalue weighted by molar-refractivity contribution is 0.512. The zero-order chi connectivity index (χ0) is 11.5. The van der Waals surface area contributed by atoms with E-state index in [0.717, 1.165) is 0 Å². The van der Waals surface area contributed by atoms with Crippen LogP contribution in [0.5, 0.6) is 0 Å². The summed E-state index contributed by atoms with van der Waals surface area (Å²) >= 11 is 0. The Balaban J connectivity index is 2.61. The number of halogens is 1. The van der Waals surface area contributed by atoms with Gasteiger partial charge in [0.15, 0.2) is 5.82 Å². The molecule has 1 aromatic carbocycles. The molecule has 0 radical (unpaired) electrons. The zero-order valence-corrected chi connectivity index (χ0v) is 8.39. The molecule has 0 saturated carbocycles. The molecule has 1 heterocycles. The fraction of sp³-hybridized carbons (Fsp3) is 0. The molecule has 4 heteroatoms. The number of aromatic nitrogens is 2. The Morgan fingerprint density at radius 2 is 1.94 bits per heavy atom. The van der Waals surface area contributed by atoms with Crippen LogP contribution in [0.2, 0.25) is 0 Å². The van der Waals surface area contributed by atoms with Crippen molar-refractivity contribution in [3.8, 4) is 11.4 Å². The van der Waals surface area contributed by atoms with E-state index in [1.54, 1.807) is 18.5 Å². The van der Waals surface area contributed by atoms with Crippen LogP contribution in [-0.4, -0.2) is 15.1 Å². The summed E-state index contributed by atoms with van der Waals surface area (Å²) in [6, 6.07) is 5.69. The summed E-state index contributed by atoms with van der Waals surface area (Å²) in [6.07, 6.45) is 3.16. The monoisotopic (exact) mass is 216 g/mol. The Hall–Kier alpha value is -2.23. The Kier molecular flexibility index (Phi) is 2.64. The van der Waals surface area contributed by atoms with E-state index in [9.17, 15) is 9.50 Å². The standard InChI is InChI=1S/C12H9FN2O/c1-8(16)11-7-9(13)3-4-10(11)12-14-5-2-6-15-12/h2-7,16H,1H2. The van der Waals surface area contributed by atoms with E-state index in [0.29, 0.717) is 17.0 Å². The van der Waals surface area contributed by atoms with Gasteiger partial charge in [-0.3, -0.25) is 0 Å². The Morgan fingerprint density at radius 3 is 2.56 bits per heavy atom. The molecule has 0 aliphatic heterocycles. The number of benzene rings is 1. The van der Waals surface area contributed by atoms with Gasteiger partial charge < -0.3 is 5.11 Å². The van der Waals surface area contributed by atoms with Crippen LogP contribution in [0.25, 0.3) is 17.1 Å². The minimum Gasteiger partial charge on any atom is -0.508 e. The largest absolute Gasteiger partial charge is 0.508 e. The minimum atomic E-state index is -0.440. The summed E-state index contributed by atoms with van der Waals surface area (Å²) in [5, 5.41) is 9.37. The van der Waals surface area contributed by atoms with E-state index < -0.39 is 5.82 Å². The van der Waals surface area contributed by atoms with Crippen LogP contribution in [0.1, 0.15) is 5.56 Å². The maximum Gasteiger partial charge on any atom is 0.159 e. The molecule has 1 aromatic heterocycles. The lowest BCUT2D eigenvalue weighted by Gasteiger charge is -2.06. The van der Waals surface area contributed by atoms with Crippen molar-refractivity contribution in [2.75, 3.05) is 0 Å². The van der Waals surface area contributed by atoms with Gasteiger partial charge in [0.2, 0.25) is 0 Å². The van der Waals surface area contributed by atoms with E-state index in [-0.39, 0.29) is 5.76 Å². The predicted octanol–water partition coefficient (Wildman–Crippen LogP) is 2.81. The highest BCUT2D eigenvalue weighted by atomic mass is 19.1. The molecule has 0 aliphatic rings. The van der Waals surface area contributed by atoms with Gasteiger partial charge in [-0.05, 0) is 24.3 Å². The van der Waals surface area contributed by atoms with Gasteiger partial charge >= 0.3 is 0 Å². The number of hydrogen-bond acceptors (Lipinski definition) is 3. The SMILES string of the molecule is C=C(O)c1cc(F)ccc1-c1ncccn1. The molecular formula is C12H9FN2O. The van der Waals surface area contributed by atoms with Crippen molar-refractivity contribution in [3.05, 3.63) is 54.6 Å². The van der Waals surface area contributed by atoms with Gasteiger partial charge in [0.25, 0.3) is 0 Å². The van der Waals surface area contributed by atoms with Crippen LogP contribution in [0.15, 0.2) is 43.2 Å². The van der Waals surface area contributed by atoms with E-state index in [1.807, 2.05) is 0 Å². The van der Waals surface area contributed by atoms with Crippen molar-refractivity contribution in [1.29, 1.82) is 0 Å². The molecule has 0 atom stereocenters. The average molecular weight is 216 g/mol. The summed E-state index contributed by atoms with van der Waals surface area (Å²) in [7, 11) is 0. The molecule has 0 spiro atoms. The first-order chi connectivity index (χ1) is 7.68. The molecule has 3 nitrogen and oxygen atoms in total. The fourth-order valence-electron chi connectivity index (χ4n) is 1.39. The van der Waals surface area contributed by atoms with Crippen LogP contribution in [-0.2, 0) is 0 Å². The Labute approximate surface area is 91.9 Å². The van der Waals surface area contributed by atoms with E-state index in [2.05, 4.69) is 16.5 Å². The van der Waals surface area contributed by atoms with Crippen molar-refractivity contribution in [2.24, 2.45) is 0 Å². The lowest BCUT2D eigenvalue weighted by Crippen LogP contribution is -1.93. The van der Waals surface area contributed by atoms with E-state index in [1.165, 1.54) is 18.2 Å². The topological polar surface area (TPSA) is 46.0 Å². The third kappa shape index (κ3) is 1.91. The van der Waals surface area contributed by atoms with Gasteiger partial charge in [-0.2, -0.15) is 0 Å². The maximum atomic E-state index is 13.0. The van der Waals surface area contributed by atoms with Crippen molar-refractivity contribution in [1.82, 2.24) is 9.97 Å². The molecule has 2 rings (SSSR count). The molecule has 2 aromatic rings. The van der Waals surface area contributed by atoms with Crippen LogP contribution in [0.3, 0.4) is 0 Å². The summed E-state index contributed by atoms with van der Waals surface area (Å²) in [4.78, 5) is 8.07. The first-order valence-electron chi connectivity index (χ1n) is 4.63. The molecule has 0 fully saturated rings. The van der Waals surface area contributed by atoms with Crippen molar-refractivity contribution in [2.45, 2.75) is 0 Å². The molecule has 0 aliphatic carbocycles. The van der Waals surface area contributed by atoms with Gasteiger partial charge in [0.05, 0.1) is 0 Å². The molecule has 80 valence electrons. The second-order valence-electron chi connectivity index (χ2n) is 3.21. The molecule has 0 bridgehead atoms. The summed E-state index contributed by atoms with van der Waals surface area (Å²) < 4.78 is 13.0. The van der Waals surface area contributed by atoms with Crippen molar-refractivity contribution < 1.29 is 9.50 Å². The van der Waals surface area contributed by atoms with Gasteiger partial charge in [-0.1, -0.05) is 6.58 Å². The summed E-state index contributed by atoms with van der Waals surface area (Å²) in [5.41, 5.74) is 0.848. The summed E-state index contributed by atoms with van der Waals surface area (Å²) in [5.74, 6) is -0.223. The van der Waals surface area contributed by atoms with Crippen molar-refractivity contribution in [3.63, 3.8) is 0 Å². The van der Waals surface area contributed by atoms with Gasteiger partial charge in [0, 0.05) is 23.5 Å². The number of rotatable bonds is 2. The Bertz CT molecular complexity index is 526. The normalized spacial score (nSPS) is 10.1. The average Bonchev–Trinajstić information content (AvgIpc) is 2.30. The van der Waals surface area contributed by atoms with E-state index >= 15 is 0 Å². The molecule has 16 heavy (non-hydrogen) atoms. The molecule has 1 N–H and O–H groups in total. The van der Waals surface area contributed by atoms with E-state index in [4.69, 9.17) is 0 Å². The Morgan fingerprint density at radius 1 is 1.25 bits per heavy atom. The van der Waals surface area contributed by atoms with Gasteiger partial charge in [-0.15, -0.1) is 0 Å². The van der Waals surface area contributed by atoms with Crippen LogP contribution in [0, 0.1) is 5.82 Å². The first-order valence-corrected chi connectivity index (χ1v) is 4.63.